The van der Waals surface area contributed by atoms with Crippen molar-refractivity contribution in [2.24, 2.45) is 0 Å². The van der Waals surface area contributed by atoms with Crippen molar-refractivity contribution >= 4 is 5.91 Å². The highest BCUT2D eigenvalue weighted by Gasteiger charge is 2.27. The molecule has 1 rings (SSSR count). The smallest absolute Gasteiger partial charge is 0.315 e. The zero-order valence-corrected chi connectivity index (χ0v) is 7.59. The van der Waals surface area contributed by atoms with Gasteiger partial charge in [0.15, 0.2) is 0 Å². The fourth-order valence-electron chi connectivity index (χ4n) is 1.50. The lowest BCUT2D eigenvalue weighted by Gasteiger charge is -2.31. The minimum Gasteiger partial charge on any atom is -0.337 e. The molecule has 0 aromatic rings. The Labute approximate surface area is 76.1 Å². The van der Waals surface area contributed by atoms with Gasteiger partial charge in [0.05, 0.1) is 0 Å². The Hall–Kier alpha value is -0.710. The largest absolute Gasteiger partial charge is 0.337 e. The summed E-state index contributed by atoms with van der Waals surface area (Å²) in [6.45, 7) is 1.53. The number of rotatable bonds is 2. The highest BCUT2D eigenvalue weighted by atomic mass is 19.3. The summed E-state index contributed by atoms with van der Waals surface area (Å²) in [4.78, 5) is 12.0. The molecule has 0 aliphatic carbocycles. The third-order valence-corrected chi connectivity index (χ3v) is 2.35. The summed E-state index contributed by atoms with van der Waals surface area (Å²) in [7, 11) is 1.44. The molecular formula is C8H14F2N2O. The monoisotopic (exact) mass is 192 g/mol. The van der Waals surface area contributed by atoms with E-state index in [-0.39, 0.29) is 6.04 Å². The van der Waals surface area contributed by atoms with Crippen LogP contribution in [0, 0.1) is 0 Å². The van der Waals surface area contributed by atoms with Gasteiger partial charge < -0.3 is 10.2 Å². The van der Waals surface area contributed by atoms with Gasteiger partial charge in [0, 0.05) is 19.6 Å². The van der Waals surface area contributed by atoms with E-state index >= 15 is 0 Å². The number of carbonyl (C=O) groups excluding carboxylic acids is 1. The van der Waals surface area contributed by atoms with E-state index in [9.17, 15) is 13.6 Å². The van der Waals surface area contributed by atoms with Gasteiger partial charge in [-0.3, -0.25) is 4.79 Å². The summed E-state index contributed by atoms with van der Waals surface area (Å²) in [6.07, 6.45) is -1.14. The minimum atomic E-state index is -2.88. The second-order valence-electron chi connectivity index (χ2n) is 3.25. The lowest BCUT2D eigenvalue weighted by Crippen LogP contribution is -2.48. The van der Waals surface area contributed by atoms with Crippen LogP contribution in [0.5, 0.6) is 0 Å². The average Bonchev–Trinajstić information content (AvgIpc) is 2.17. The maximum Gasteiger partial charge on any atom is 0.315 e. The first-order valence-electron chi connectivity index (χ1n) is 4.38. The highest BCUT2D eigenvalue weighted by molar-refractivity contribution is 5.79. The molecule has 1 atom stereocenters. The molecule has 3 nitrogen and oxygen atoms in total. The van der Waals surface area contributed by atoms with Crippen LogP contribution >= 0.6 is 0 Å². The van der Waals surface area contributed by atoms with Gasteiger partial charge >= 0.3 is 6.43 Å². The van der Waals surface area contributed by atoms with E-state index in [1.54, 1.807) is 0 Å². The molecule has 1 fully saturated rings. The molecule has 0 aromatic carbocycles. The van der Waals surface area contributed by atoms with Crippen LogP contribution in [0.25, 0.3) is 0 Å². The number of amides is 1. The van der Waals surface area contributed by atoms with E-state index < -0.39 is 12.3 Å². The zero-order chi connectivity index (χ0) is 9.84. The minimum absolute atomic E-state index is 0.0738. The molecule has 5 heteroatoms. The van der Waals surface area contributed by atoms with Crippen molar-refractivity contribution in [1.82, 2.24) is 10.2 Å². The maximum absolute atomic E-state index is 12.0. The van der Waals surface area contributed by atoms with Gasteiger partial charge in [-0.2, -0.15) is 8.78 Å². The Bertz CT molecular complexity index is 181. The number of piperidine rings is 1. The van der Waals surface area contributed by atoms with E-state index in [0.717, 1.165) is 24.3 Å². The molecular weight excluding hydrogens is 178 g/mol. The van der Waals surface area contributed by atoms with Crippen molar-refractivity contribution in [1.29, 1.82) is 0 Å². The molecule has 1 heterocycles. The third kappa shape index (κ3) is 2.62. The average molecular weight is 192 g/mol. The standard InChI is InChI=1S/C8H14F2N2O/c1-12(8(13)7(9)10)6-3-2-4-11-5-6/h6-7,11H,2-5H2,1H3. The molecule has 1 N–H and O–H groups in total. The topological polar surface area (TPSA) is 32.3 Å². The number of halogens is 2. The summed E-state index contributed by atoms with van der Waals surface area (Å²) in [5.41, 5.74) is 0. The number of nitrogens with one attached hydrogen (secondary N) is 1. The van der Waals surface area contributed by atoms with Crippen molar-refractivity contribution in [3.05, 3.63) is 0 Å². The van der Waals surface area contributed by atoms with Crippen LogP contribution in [0.1, 0.15) is 12.8 Å². The van der Waals surface area contributed by atoms with Crippen molar-refractivity contribution in [3.63, 3.8) is 0 Å². The molecule has 76 valence electrons. The highest BCUT2D eigenvalue weighted by Crippen LogP contribution is 2.10. The molecule has 1 unspecified atom stereocenters. The van der Waals surface area contributed by atoms with E-state index in [0.29, 0.717) is 6.54 Å². The van der Waals surface area contributed by atoms with Crippen LogP contribution in [-0.4, -0.2) is 43.4 Å². The Kier molecular flexibility index (Phi) is 3.59. The summed E-state index contributed by atoms with van der Waals surface area (Å²) in [5.74, 6) is -1.08. The third-order valence-electron chi connectivity index (χ3n) is 2.35. The number of nitrogens with zero attached hydrogens (tertiary/aromatic N) is 1. The molecule has 1 aliphatic heterocycles. The van der Waals surface area contributed by atoms with E-state index in [4.69, 9.17) is 0 Å². The molecule has 1 amide bonds. The van der Waals surface area contributed by atoms with Gasteiger partial charge in [0.2, 0.25) is 0 Å². The second-order valence-corrected chi connectivity index (χ2v) is 3.25. The van der Waals surface area contributed by atoms with E-state index in [1.165, 1.54) is 7.05 Å². The van der Waals surface area contributed by atoms with Crippen molar-refractivity contribution < 1.29 is 13.6 Å². The van der Waals surface area contributed by atoms with Gasteiger partial charge in [-0.05, 0) is 19.4 Å². The van der Waals surface area contributed by atoms with Gasteiger partial charge in [-0.25, -0.2) is 0 Å². The Morgan fingerprint density at radius 3 is 2.77 bits per heavy atom. The van der Waals surface area contributed by atoms with Crippen LogP contribution in [0.3, 0.4) is 0 Å². The normalized spacial score (nSPS) is 23.2. The van der Waals surface area contributed by atoms with Crippen LogP contribution in [0.2, 0.25) is 0 Å². The Morgan fingerprint density at radius 2 is 2.31 bits per heavy atom. The predicted molar refractivity (Wildman–Crippen MR) is 44.7 cm³/mol. The first-order valence-corrected chi connectivity index (χ1v) is 4.38. The molecule has 0 radical (unpaired) electrons. The Balaban J connectivity index is 2.45. The summed E-state index contributed by atoms with van der Waals surface area (Å²) in [6, 6.07) is -0.0738. The number of alkyl halides is 2. The van der Waals surface area contributed by atoms with Crippen molar-refractivity contribution in [3.8, 4) is 0 Å². The van der Waals surface area contributed by atoms with Crippen LogP contribution in [-0.2, 0) is 4.79 Å². The molecule has 0 bridgehead atoms. The quantitative estimate of drug-likeness (QED) is 0.689. The van der Waals surface area contributed by atoms with Crippen LogP contribution < -0.4 is 5.32 Å². The first kappa shape index (κ1) is 10.4. The number of hydrogen-bond acceptors (Lipinski definition) is 2. The lowest BCUT2D eigenvalue weighted by molar-refractivity contribution is -0.143. The van der Waals surface area contributed by atoms with E-state index in [2.05, 4.69) is 5.32 Å². The van der Waals surface area contributed by atoms with Crippen molar-refractivity contribution in [2.75, 3.05) is 20.1 Å². The van der Waals surface area contributed by atoms with Gasteiger partial charge in [0.25, 0.3) is 5.91 Å². The fraction of sp³-hybridized carbons (Fsp3) is 0.875. The SMILES string of the molecule is CN(C(=O)C(F)F)C1CCCNC1. The lowest BCUT2D eigenvalue weighted by atomic mass is 10.1. The van der Waals surface area contributed by atoms with Gasteiger partial charge in [-0.15, -0.1) is 0 Å². The van der Waals surface area contributed by atoms with Crippen molar-refractivity contribution in [2.45, 2.75) is 25.3 Å². The van der Waals surface area contributed by atoms with Gasteiger partial charge in [0.1, 0.15) is 0 Å². The van der Waals surface area contributed by atoms with E-state index in [1.807, 2.05) is 0 Å². The number of hydrogen-bond donors (Lipinski definition) is 1. The zero-order valence-electron chi connectivity index (χ0n) is 7.59. The van der Waals surface area contributed by atoms with Crippen LogP contribution in [0.15, 0.2) is 0 Å². The molecule has 13 heavy (non-hydrogen) atoms. The molecule has 0 saturated carbocycles. The maximum atomic E-state index is 12.0. The summed E-state index contributed by atoms with van der Waals surface area (Å²) >= 11 is 0. The molecule has 0 aromatic heterocycles. The Morgan fingerprint density at radius 1 is 1.62 bits per heavy atom. The first-order chi connectivity index (χ1) is 6.13. The van der Waals surface area contributed by atoms with Crippen LogP contribution in [0.4, 0.5) is 8.78 Å². The molecule has 0 spiro atoms. The number of likely N-dealkylation sites (N-methyl/N-ethyl adjacent to an activating group) is 1. The fourth-order valence-corrected chi connectivity index (χ4v) is 1.50. The number of carbonyl (C=O) groups is 1. The molecule has 1 aliphatic rings. The van der Waals surface area contributed by atoms with Gasteiger partial charge in [-0.1, -0.05) is 0 Å². The summed E-state index contributed by atoms with van der Waals surface area (Å²) < 4.78 is 24.0. The second kappa shape index (κ2) is 4.50. The summed E-state index contributed by atoms with van der Waals surface area (Å²) in [5, 5.41) is 3.07. The predicted octanol–water partition coefficient (Wildman–Crippen LogP) is 0.462. The molecule has 1 saturated heterocycles.